The van der Waals surface area contributed by atoms with Gasteiger partial charge in [0, 0.05) is 0 Å². The average Bonchev–Trinajstić information content (AvgIpc) is 1.61. The summed E-state index contributed by atoms with van der Waals surface area (Å²) in [6, 6.07) is 0. The van der Waals surface area contributed by atoms with Gasteiger partial charge in [-0.2, -0.15) is 0 Å². The molecule has 0 saturated heterocycles. The Hall–Kier alpha value is -0.570. The van der Waals surface area contributed by atoms with Crippen LogP contribution in [0.1, 0.15) is 12.8 Å². The van der Waals surface area contributed by atoms with E-state index in [1.165, 1.54) is 0 Å². The summed E-state index contributed by atoms with van der Waals surface area (Å²) in [5.41, 5.74) is 5.30. The zero-order chi connectivity index (χ0) is 6.85. The van der Waals surface area contributed by atoms with Crippen molar-refractivity contribution in [2.24, 2.45) is 17.6 Å². The smallest absolute Gasteiger partial charge is 0.306 e. The molecule has 1 aliphatic carbocycles. The van der Waals surface area contributed by atoms with Crippen LogP contribution in [0.4, 0.5) is 0 Å². The summed E-state index contributed by atoms with van der Waals surface area (Å²) < 4.78 is 0. The molecule has 0 aromatic carbocycles. The molecule has 9 heavy (non-hydrogen) atoms. The van der Waals surface area contributed by atoms with Crippen molar-refractivity contribution in [1.29, 1.82) is 0 Å². The van der Waals surface area contributed by atoms with Gasteiger partial charge in [-0.3, -0.25) is 4.79 Å². The third kappa shape index (κ3) is 1.05. The van der Waals surface area contributed by atoms with E-state index in [1.54, 1.807) is 0 Å². The number of nitrogens with two attached hydrogens (primary N) is 1. The molecule has 2 atom stereocenters. The minimum absolute atomic E-state index is 0.144. The molecule has 0 aromatic rings. The zero-order valence-corrected chi connectivity index (χ0v) is 5.21. The lowest BCUT2D eigenvalue weighted by molar-refractivity contribution is -0.147. The molecule has 0 aromatic heterocycles. The van der Waals surface area contributed by atoms with Crippen molar-refractivity contribution in [3.63, 3.8) is 0 Å². The number of aliphatic carboxylic acids is 1. The second-order valence-corrected chi connectivity index (χ2v) is 2.52. The SMILES string of the molecule is NC[C@@H]1CC[C@@H]1C(=O)O. The summed E-state index contributed by atoms with van der Waals surface area (Å²) in [5.74, 6) is -0.575. The predicted molar refractivity (Wildman–Crippen MR) is 32.9 cm³/mol. The molecule has 1 rings (SSSR count). The van der Waals surface area contributed by atoms with Crippen molar-refractivity contribution in [2.45, 2.75) is 12.8 Å². The molecule has 3 nitrogen and oxygen atoms in total. The highest BCUT2D eigenvalue weighted by molar-refractivity contribution is 5.71. The van der Waals surface area contributed by atoms with Crippen molar-refractivity contribution < 1.29 is 9.90 Å². The number of hydrogen-bond donors (Lipinski definition) is 2. The summed E-state index contributed by atoms with van der Waals surface area (Å²) in [7, 11) is 0. The minimum atomic E-state index is -0.684. The van der Waals surface area contributed by atoms with Crippen LogP contribution in [0.2, 0.25) is 0 Å². The first-order valence-corrected chi connectivity index (χ1v) is 3.18. The maximum absolute atomic E-state index is 10.3. The molecule has 1 aliphatic rings. The van der Waals surface area contributed by atoms with Crippen LogP contribution in [-0.2, 0) is 4.79 Å². The van der Waals surface area contributed by atoms with Crippen molar-refractivity contribution in [2.75, 3.05) is 6.54 Å². The van der Waals surface area contributed by atoms with Gasteiger partial charge in [0.1, 0.15) is 0 Å². The molecule has 0 aliphatic heterocycles. The van der Waals surface area contributed by atoms with E-state index in [0.29, 0.717) is 6.54 Å². The van der Waals surface area contributed by atoms with Gasteiger partial charge in [0.05, 0.1) is 5.92 Å². The molecule has 3 heteroatoms. The lowest BCUT2D eigenvalue weighted by Crippen LogP contribution is -2.37. The number of carboxylic acids is 1. The third-order valence-corrected chi connectivity index (χ3v) is 2.04. The molecular formula is C6H11NO2. The van der Waals surface area contributed by atoms with E-state index in [9.17, 15) is 4.79 Å². The van der Waals surface area contributed by atoms with Crippen LogP contribution in [0, 0.1) is 11.8 Å². The predicted octanol–water partition coefficient (Wildman–Crippen LogP) is 0.0559. The quantitative estimate of drug-likeness (QED) is 0.554. The van der Waals surface area contributed by atoms with Crippen LogP contribution in [-0.4, -0.2) is 17.6 Å². The normalized spacial score (nSPS) is 33.4. The molecule has 0 bridgehead atoms. The maximum Gasteiger partial charge on any atom is 0.306 e. The fourth-order valence-corrected chi connectivity index (χ4v) is 1.18. The van der Waals surface area contributed by atoms with Crippen LogP contribution in [0.3, 0.4) is 0 Å². The molecular weight excluding hydrogens is 118 g/mol. The number of carboxylic acid groups (broad SMARTS) is 1. The molecule has 3 N–H and O–H groups in total. The first-order valence-electron chi connectivity index (χ1n) is 3.18. The Kier molecular flexibility index (Phi) is 1.71. The van der Waals surface area contributed by atoms with Crippen molar-refractivity contribution in [1.82, 2.24) is 0 Å². The van der Waals surface area contributed by atoms with Gasteiger partial charge in [-0.15, -0.1) is 0 Å². The van der Waals surface area contributed by atoms with Crippen molar-refractivity contribution in [3.8, 4) is 0 Å². The summed E-state index contributed by atoms with van der Waals surface area (Å²) >= 11 is 0. The molecule has 52 valence electrons. The summed E-state index contributed by atoms with van der Waals surface area (Å²) in [6.45, 7) is 0.525. The number of rotatable bonds is 2. The Morgan fingerprint density at radius 2 is 2.33 bits per heavy atom. The number of hydrogen-bond acceptors (Lipinski definition) is 2. The Labute approximate surface area is 53.9 Å². The Bertz CT molecular complexity index is 122. The molecule has 0 heterocycles. The monoisotopic (exact) mass is 129 g/mol. The minimum Gasteiger partial charge on any atom is -0.481 e. The van der Waals surface area contributed by atoms with Crippen LogP contribution in [0.15, 0.2) is 0 Å². The summed E-state index contributed by atoms with van der Waals surface area (Å²) in [6.07, 6.45) is 1.81. The largest absolute Gasteiger partial charge is 0.481 e. The molecule has 0 unspecified atom stereocenters. The molecule has 0 spiro atoms. The highest BCUT2D eigenvalue weighted by Crippen LogP contribution is 2.33. The van der Waals surface area contributed by atoms with Gasteiger partial charge in [0.2, 0.25) is 0 Å². The van der Waals surface area contributed by atoms with Crippen molar-refractivity contribution in [3.05, 3.63) is 0 Å². The van der Waals surface area contributed by atoms with E-state index in [4.69, 9.17) is 10.8 Å². The fourth-order valence-electron chi connectivity index (χ4n) is 1.18. The van der Waals surface area contributed by atoms with E-state index in [1.807, 2.05) is 0 Å². The van der Waals surface area contributed by atoms with Gasteiger partial charge in [0.25, 0.3) is 0 Å². The molecule has 0 radical (unpaired) electrons. The highest BCUT2D eigenvalue weighted by atomic mass is 16.4. The Balaban J connectivity index is 2.35. The highest BCUT2D eigenvalue weighted by Gasteiger charge is 2.34. The van der Waals surface area contributed by atoms with Gasteiger partial charge in [-0.25, -0.2) is 0 Å². The second-order valence-electron chi connectivity index (χ2n) is 2.52. The Morgan fingerprint density at radius 1 is 1.67 bits per heavy atom. The fraction of sp³-hybridized carbons (Fsp3) is 0.833. The van der Waals surface area contributed by atoms with Crippen LogP contribution >= 0.6 is 0 Å². The van der Waals surface area contributed by atoms with Crippen LogP contribution < -0.4 is 5.73 Å². The van der Waals surface area contributed by atoms with Gasteiger partial charge in [-0.1, -0.05) is 0 Å². The topological polar surface area (TPSA) is 63.3 Å². The Morgan fingerprint density at radius 3 is 2.44 bits per heavy atom. The lowest BCUT2D eigenvalue weighted by atomic mass is 9.74. The third-order valence-electron chi connectivity index (χ3n) is 2.04. The van der Waals surface area contributed by atoms with E-state index >= 15 is 0 Å². The second kappa shape index (κ2) is 2.35. The number of carbonyl (C=O) groups is 1. The average molecular weight is 129 g/mol. The van der Waals surface area contributed by atoms with E-state index in [2.05, 4.69) is 0 Å². The maximum atomic E-state index is 10.3. The summed E-state index contributed by atoms with van der Waals surface area (Å²) in [4.78, 5) is 10.3. The summed E-state index contributed by atoms with van der Waals surface area (Å²) in [5, 5.41) is 8.48. The standard InChI is InChI=1S/C6H11NO2/c7-3-4-1-2-5(4)6(8)9/h4-5H,1-3,7H2,(H,8,9)/t4-,5-/m0/s1. The van der Waals surface area contributed by atoms with Crippen LogP contribution in [0.5, 0.6) is 0 Å². The first-order chi connectivity index (χ1) is 4.25. The van der Waals surface area contributed by atoms with Gasteiger partial charge in [-0.05, 0) is 25.3 Å². The van der Waals surface area contributed by atoms with Gasteiger partial charge >= 0.3 is 5.97 Å². The molecule has 0 amide bonds. The molecule has 1 fully saturated rings. The van der Waals surface area contributed by atoms with E-state index in [0.717, 1.165) is 12.8 Å². The van der Waals surface area contributed by atoms with E-state index in [-0.39, 0.29) is 11.8 Å². The first kappa shape index (κ1) is 6.55. The zero-order valence-electron chi connectivity index (χ0n) is 5.21. The van der Waals surface area contributed by atoms with Gasteiger partial charge in [0.15, 0.2) is 0 Å². The lowest BCUT2D eigenvalue weighted by Gasteiger charge is -2.31. The van der Waals surface area contributed by atoms with Crippen LogP contribution in [0.25, 0.3) is 0 Å². The van der Waals surface area contributed by atoms with Crippen molar-refractivity contribution >= 4 is 5.97 Å². The van der Waals surface area contributed by atoms with Gasteiger partial charge < -0.3 is 10.8 Å². The molecule has 1 saturated carbocycles. The van der Waals surface area contributed by atoms with E-state index < -0.39 is 5.97 Å².